The minimum absolute atomic E-state index is 0.0864. The number of hydrogen-bond donors (Lipinski definition) is 3. The van der Waals surface area contributed by atoms with Crippen LogP contribution in [0.2, 0.25) is 0 Å². The average Bonchev–Trinajstić information content (AvgIpc) is 2.50. The Kier molecular flexibility index (Phi) is 6.95. The van der Waals surface area contributed by atoms with Crippen LogP contribution in [-0.4, -0.2) is 22.1 Å². The van der Waals surface area contributed by atoms with Crippen molar-refractivity contribution < 1.29 is 14.7 Å². The van der Waals surface area contributed by atoms with E-state index in [9.17, 15) is 9.59 Å². The Morgan fingerprint density at radius 1 is 1.17 bits per heavy atom. The molecule has 0 aliphatic rings. The first-order chi connectivity index (χ1) is 11.3. The van der Waals surface area contributed by atoms with Crippen LogP contribution < -0.4 is 10.6 Å². The first-order valence-corrected chi connectivity index (χ1v) is 9.74. The second-order valence-corrected chi connectivity index (χ2v) is 8.15. The maximum absolute atomic E-state index is 12.4. The fourth-order valence-corrected chi connectivity index (χ4v) is 4.25. The van der Waals surface area contributed by atoms with Gasteiger partial charge in [0.1, 0.15) is 0 Å². The second-order valence-electron chi connectivity index (χ2n) is 4.54. The molecule has 124 valence electrons. The molecule has 0 fully saturated rings. The molecule has 0 aromatic heterocycles. The van der Waals surface area contributed by atoms with Crippen molar-refractivity contribution in [1.29, 1.82) is 0 Å². The lowest BCUT2D eigenvalue weighted by molar-refractivity contribution is 0.0696. The van der Waals surface area contributed by atoms with Crippen LogP contribution in [0.15, 0.2) is 40.9 Å². The van der Waals surface area contributed by atoms with E-state index in [1.54, 1.807) is 18.2 Å². The molecule has 0 heterocycles. The summed E-state index contributed by atoms with van der Waals surface area (Å²) in [5.41, 5.74) is 1.08. The fraction of sp³-hybridized carbons (Fsp3) is 0. The van der Waals surface area contributed by atoms with E-state index in [4.69, 9.17) is 17.3 Å². The molecule has 0 unspecified atom stereocenters. The first-order valence-electron chi connectivity index (χ1n) is 6.38. The van der Waals surface area contributed by atoms with Gasteiger partial charge in [0.15, 0.2) is 5.11 Å². The summed E-state index contributed by atoms with van der Waals surface area (Å²) in [7, 11) is 0. The maximum Gasteiger partial charge on any atom is 0.335 e. The largest absolute Gasteiger partial charge is 0.478 e. The number of rotatable bonds is 3. The summed E-state index contributed by atoms with van der Waals surface area (Å²) in [6.07, 6.45) is 0. The van der Waals surface area contributed by atoms with Gasteiger partial charge in [-0.3, -0.25) is 10.1 Å². The van der Waals surface area contributed by atoms with Crippen LogP contribution in [-0.2, 0) is 0 Å². The van der Waals surface area contributed by atoms with Crippen molar-refractivity contribution in [2.45, 2.75) is 0 Å². The number of carboxylic acids is 1. The topological polar surface area (TPSA) is 78.4 Å². The van der Waals surface area contributed by atoms with Crippen LogP contribution in [0.4, 0.5) is 5.69 Å². The Balaban J connectivity index is 2.11. The summed E-state index contributed by atoms with van der Waals surface area (Å²) < 4.78 is 2.53. The number of halogens is 3. The summed E-state index contributed by atoms with van der Waals surface area (Å²) in [5.74, 6) is -1.39. The van der Waals surface area contributed by atoms with Gasteiger partial charge in [-0.25, -0.2) is 4.79 Å². The molecule has 0 spiro atoms. The van der Waals surface area contributed by atoms with Gasteiger partial charge in [0, 0.05) is 17.3 Å². The SMILES string of the molecule is O=C(O)c1cccc(NC(=S)NC(=O)c2cc(I)cc(I)c2Br)c1. The van der Waals surface area contributed by atoms with Gasteiger partial charge in [0.2, 0.25) is 0 Å². The molecule has 2 rings (SSSR count). The Bertz CT molecular complexity index is 845. The van der Waals surface area contributed by atoms with Crippen LogP contribution >= 0.6 is 73.3 Å². The first kappa shape index (κ1) is 19.5. The molecular weight excluding hydrogens is 622 g/mol. The van der Waals surface area contributed by atoms with Crippen LogP contribution in [0.5, 0.6) is 0 Å². The van der Waals surface area contributed by atoms with E-state index in [0.29, 0.717) is 15.7 Å². The van der Waals surface area contributed by atoms with Crippen LogP contribution in [0.3, 0.4) is 0 Å². The number of benzene rings is 2. The summed E-state index contributed by atoms with van der Waals surface area (Å²) in [4.78, 5) is 23.3. The predicted octanol–water partition coefficient (Wildman–Crippen LogP) is 4.48. The smallest absolute Gasteiger partial charge is 0.335 e. The number of carboxylic acid groups (broad SMARTS) is 1. The van der Waals surface area contributed by atoms with Crippen molar-refractivity contribution in [3.05, 3.63) is 59.1 Å². The van der Waals surface area contributed by atoms with Gasteiger partial charge in [-0.15, -0.1) is 0 Å². The average molecular weight is 631 g/mol. The molecule has 2 aromatic rings. The normalized spacial score (nSPS) is 10.1. The number of carbonyl (C=O) groups is 2. The summed E-state index contributed by atoms with van der Waals surface area (Å²) >= 11 is 12.8. The molecule has 5 nitrogen and oxygen atoms in total. The Morgan fingerprint density at radius 3 is 2.54 bits per heavy atom. The summed E-state index contributed by atoms with van der Waals surface area (Å²) in [6, 6.07) is 9.85. The number of hydrogen-bond acceptors (Lipinski definition) is 3. The zero-order chi connectivity index (χ0) is 17.9. The van der Waals surface area contributed by atoms with Crippen LogP contribution in [0.25, 0.3) is 0 Å². The highest BCUT2D eigenvalue weighted by atomic mass is 127. The molecule has 3 N–H and O–H groups in total. The maximum atomic E-state index is 12.4. The Labute approximate surface area is 179 Å². The van der Waals surface area contributed by atoms with E-state index >= 15 is 0 Å². The Morgan fingerprint density at radius 2 is 1.88 bits per heavy atom. The van der Waals surface area contributed by atoms with E-state index in [1.165, 1.54) is 12.1 Å². The van der Waals surface area contributed by atoms with Crippen molar-refractivity contribution in [1.82, 2.24) is 5.32 Å². The zero-order valence-electron chi connectivity index (χ0n) is 11.8. The molecule has 0 atom stereocenters. The van der Waals surface area contributed by atoms with Crippen molar-refractivity contribution in [3.63, 3.8) is 0 Å². The van der Waals surface area contributed by atoms with Crippen molar-refractivity contribution in [2.24, 2.45) is 0 Å². The van der Waals surface area contributed by atoms with E-state index in [2.05, 4.69) is 71.7 Å². The van der Waals surface area contributed by atoms with Crippen molar-refractivity contribution >= 4 is 96.0 Å². The molecule has 0 saturated carbocycles. The van der Waals surface area contributed by atoms with Gasteiger partial charge in [-0.05, 0) is 104 Å². The van der Waals surface area contributed by atoms with Gasteiger partial charge >= 0.3 is 5.97 Å². The van der Waals surface area contributed by atoms with Gasteiger partial charge in [-0.2, -0.15) is 0 Å². The lowest BCUT2D eigenvalue weighted by Crippen LogP contribution is -2.34. The minimum atomic E-state index is -1.04. The third-order valence-electron chi connectivity index (χ3n) is 2.83. The predicted molar refractivity (Wildman–Crippen MR) is 117 cm³/mol. The Hall–Kier alpha value is -0.790. The lowest BCUT2D eigenvalue weighted by Gasteiger charge is -2.12. The standard InChI is InChI=1S/C15H9BrI2N2O3S/c16-12-10(5-8(17)6-11(12)18)13(21)20-15(24)19-9-3-1-2-7(4-9)14(22)23/h1-6H,(H,22,23)(H2,19,20,21,24). The third-order valence-corrected chi connectivity index (χ3v) is 6.11. The van der Waals surface area contributed by atoms with Gasteiger partial charge < -0.3 is 10.4 Å². The highest BCUT2D eigenvalue weighted by Crippen LogP contribution is 2.26. The van der Waals surface area contributed by atoms with Gasteiger partial charge in [-0.1, -0.05) is 6.07 Å². The quantitative estimate of drug-likeness (QED) is 0.265. The third kappa shape index (κ3) is 5.10. The number of thiocarbonyl (C=S) groups is 1. The lowest BCUT2D eigenvalue weighted by atomic mass is 10.2. The summed E-state index contributed by atoms with van der Waals surface area (Å²) in [5, 5.41) is 14.5. The molecule has 24 heavy (non-hydrogen) atoms. The molecule has 0 radical (unpaired) electrons. The monoisotopic (exact) mass is 630 g/mol. The minimum Gasteiger partial charge on any atom is -0.478 e. The van der Waals surface area contributed by atoms with E-state index in [0.717, 1.165) is 7.14 Å². The molecule has 0 bridgehead atoms. The highest BCUT2D eigenvalue weighted by molar-refractivity contribution is 14.1. The van der Waals surface area contributed by atoms with Crippen LogP contribution in [0.1, 0.15) is 20.7 Å². The number of amides is 1. The molecule has 0 saturated heterocycles. The van der Waals surface area contributed by atoms with Gasteiger partial charge in [0.25, 0.3) is 5.91 Å². The van der Waals surface area contributed by atoms with E-state index < -0.39 is 5.97 Å². The van der Waals surface area contributed by atoms with Crippen LogP contribution in [0, 0.1) is 7.14 Å². The van der Waals surface area contributed by atoms with Crippen molar-refractivity contribution in [3.8, 4) is 0 Å². The number of carbonyl (C=O) groups excluding carboxylic acids is 1. The zero-order valence-corrected chi connectivity index (χ0v) is 18.5. The second kappa shape index (κ2) is 8.54. The van der Waals surface area contributed by atoms with Crippen molar-refractivity contribution in [2.75, 3.05) is 5.32 Å². The fourth-order valence-electron chi connectivity index (χ4n) is 1.78. The van der Waals surface area contributed by atoms with E-state index in [1.807, 2.05) is 6.07 Å². The number of nitrogens with one attached hydrogen (secondary N) is 2. The summed E-state index contributed by atoms with van der Waals surface area (Å²) in [6.45, 7) is 0. The van der Waals surface area contributed by atoms with Gasteiger partial charge in [0.05, 0.1) is 11.1 Å². The molecular formula is C15H9BrI2N2O3S. The molecule has 1 amide bonds. The number of aromatic carboxylic acids is 1. The van der Waals surface area contributed by atoms with E-state index in [-0.39, 0.29) is 16.6 Å². The molecule has 0 aliphatic heterocycles. The number of anilines is 1. The molecule has 9 heteroatoms. The molecule has 0 aliphatic carbocycles. The molecule has 2 aromatic carbocycles. The highest BCUT2D eigenvalue weighted by Gasteiger charge is 2.15.